The van der Waals surface area contributed by atoms with Crippen LogP contribution in [0.2, 0.25) is 0 Å². The number of furan rings is 1. The third-order valence-electron chi connectivity index (χ3n) is 2.55. The largest absolute Gasteiger partial charge is 0.479 e. The lowest BCUT2D eigenvalue weighted by molar-refractivity contribution is -0.156. The van der Waals surface area contributed by atoms with E-state index in [-0.39, 0.29) is 5.76 Å². The maximum Gasteiger partial charge on any atom is 0.337 e. The van der Waals surface area contributed by atoms with Crippen molar-refractivity contribution in [2.24, 2.45) is 0 Å². The van der Waals surface area contributed by atoms with Crippen molar-refractivity contribution < 1.29 is 29.0 Å². The first-order valence-electron chi connectivity index (χ1n) is 5.82. The van der Waals surface area contributed by atoms with Gasteiger partial charge >= 0.3 is 5.97 Å². The molecule has 8 heteroatoms. The van der Waals surface area contributed by atoms with Gasteiger partial charge in [-0.25, -0.2) is 4.79 Å². The second kappa shape index (κ2) is 6.20. The van der Waals surface area contributed by atoms with Crippen LogP contribution in [-0.4, -0.2) is 46.2 Å². The molecule has 0 radical (unpaired) electrons. The van der Waals surface area contributed by atoms with E-state index in [1.807, 2.05) is 0 Å². The van der Waals surface area contributed by atoms with Crippen LogP contribution in [0.15, 0.2) is 22.8 Å². The highest BCUT2D eigenvalue weighted by Gasteiger charge is 2.31. The lowest BCUT2D eigenvalue weighted by Gasteiger charge is -2.20. The number of carboxylic acids is 1. The molecule has 2 amide bonds. The molecule has 0 saturated heterocycles. The number of carbonyl (C=O) groups is 3. The summed E-state index contributed by atoms with van der Waals surface area (Å²) < 4.78 is 4.86. The summed E-state index contributed by atoms with van der Waals surface area (Å²) in [7, 11) is 0. The zero-order valence-electron chi connectivity index (χ0n) is 11.0. The van der Waals surface area contributed by atoms with Gasteiger partial charge in [-0.1, -0.05) is 0 Å². The summed E-state index contributed by atoms with van der Waals surface area (Å²) in [5.74, 6) is -2.58. The molecule has 0 aliphatic heterocycles. The molecule has 110 valence electrons. The zero-order chi connectivity index (χ0) is 15.3. The standard InChI is InChI=1S/C12H16N2O6/c1-7(14-10(16)8-4-3-5-20-8)9(15)13-6-12(2,19)11(17)18/h3-5,7,19H,6H2,1-2H3,(H,13,15)(H,14,16)(H,17,18). The van der Waals surface area contributed by atoms with Crippen molar-refractivity contribution in [3.63, 3.8) is 0 Å². The van der Waals surface area contributed by atoms with E-state index in [9.17, 15) is 19.5 Å². The molecule has 1 rings (SSSR count). The molecule has 0 bridgehead atoms. The Kier molecular flexibility index (Phi) is 4.87. The van der Waals surface area contributed by atoms with Crippen LogP contribution in [0.4, 0.5) is 0 Å². The van der Waals surface area contributed by atoms with Crippen LogP contribution in [0.1, 0.15) is 24.4 Å². The molecule has 20 heavy (non-hydrogen) atoms. The molecular weight excluding hydrogens is 268 g/mol. The molecule has 1 aromatic heterocycles. The highest BCUT2D eigenvalue weighted by atomic mass is 16.4. The number of amides is 2. The summed E-state index contributed by atoms with van der Waals surface area (Å²) in [5.41, 5.74) is -2.07. The number of hydrogen-bond acceptors (Lipinski definition) is 5. The third kappa shape index (κ3) is 4.09. The van der Waals surface area contributed by atoms with E-state index in [0.29, 0.717) is 0 Å². The highest BCUT2D eigenvalue weighted by molar-refractivity contribution is 5.95. The number of aliphatic hydroxyl groups is 1. The maximum atomic E-state index is 11.7. The molecule has 0 aromatic carbocycles. The number of rotatable bonds is 6. The Hall–Kier alpha value is -2.35. The second-order valence-corrected chi connectivity index (χ2v) is 4.47. The highest BCUT2D eigenvalue weighted by Crippen LogP contribution is 2.02. The Morgan fingerprint density at radius 2 is 2.10 bits per heavy atom. The summed E-state index contributed by atoms with van der Waals surface area (Å²) in [6, 6.07) is 2.07. The summed E-state index contributed by atoms with van der Waals surface area (Å²) in [6.07, 6.45) is 1.32. The summed E-state index contributed by atoms with van der Waals surface area (Å²) in [5, 5.41) is 22.7. The number of hydrogen-bond donors (Lipinski definition) is 4. The molecule has 2 atom stereocenters. The van der Waals surface area contributed by atoms with Crippen LogP contribution in [0.25, 0.3) is 0 Å². The summed E-state index contributed by atoms with van der Waals surface area (Å²) in [6.45, 7) is 2.01. The van der Waals surface area contributed by atoms with Crippen molar-refractivity contribution >= 4 is 17.8 Å². The van der Waals surface area contributed by atoms with Gasteiger partial charge in [0.2, 0.25) is 5.91 Å². The van der Waals surface area contributed by atoms with Crippen molar-refractivity contribution in [2.75, 3.05) is 6.54 Å². The summed E-state index contributed by atoms with van der Waals surface area (Å²) in [4.78, 5) is 33.9. The first-order chi connectivity index (χ1) is 9.24. The van der Waals surface area contributed by atoms with Gasteiger partial charge in [-0.2, -0.15) is 0 Å². The van der Waals surface area contributed by atoms with E-state index in [1.54, 1.807) is 0 Å². The Morgan fingerprint density at radius 3 is 2.60 bits per heavy atom. The Labute approximate surface area is 114 Å². The average molecular weight is 284 g/mol. The molecule has 1 aromatic rings. The van der Waals surface area contributed by atoms with E-state index < -0.39 is 36.0 Å². The topological polar surface area (TPSA) is 129 Å². The zero-order valence-corrected chi connectivity index (χ0v) is 11.0. The third-order valence-corrected chi connectivity index (χ3v) is 2.55. The predicted octanol–water partition coefficient (Wildman–Crippen LogP) is -0.650. The minimum absolute atomic E-state index is 0.0576. The van der Waals surface area contributed by atoms with Crippen molar-refractivity contribution in [1.82, 2.24) is 10.6 Å². The fourth-order valence-corrected chi connectivity index (χ4v) is 1.23. The van der Waals surface area contributed by atoms with Gasteiger partial charge in [0, 0.05) is 0 Å². The molecule has 0 saturated carbocycles. The van der Waals surface area contributed by atoms with E-state index in [4.69, 9.17) is 9.52 Å². The van der Waals surface area contributed by atoms with Crippen molar-refractivity contribution in [3.8, 4) is 0 Å². The molecule has 2 unspecified atom stereocenters. The minimum Gasteiger partial charge on any atom is -0.479 e. The molecule has 0 aliphatic carbocycles. The quantitative estimate of drug-likeness (QED) is 0.549. The van der Waals surface area contributed by atoms with E-state index in [2.05, 4.69) is 10.6 Å². The Bertz CT molecular complexity index is 494. The van der Waals surface area contributed by atoms with E-state index in [1.165, 1.54) is 25.3 Å². The Balaban J connectivity index is 2.48. The van der Waals surface area contributed by atoms with Gasteiger partial charge in [0.1, 0.15) is 6.04 Å². The van der Waals surface area contributed by atoms with Gasteiger partial charge in [0.25, 0.3) is 5.91 Å². The molecule has 0 fully saturated rings. The predicted molar refractivity (Wildman–Crippen MR) is 66.9 cm³/mol. The van der Waals surface area contributed by atoms with E-state index in [0.717, 1.165) is 6.92 Å². The summed E-state index contributed by atoms with van der Waals surface area (Å²) >= 11 is 0. The van der Waals surface area contributed by atoms with Crippen LogP contribution in [0.5, 0.6) is 0 Å². The van der Waals surface area contributed by atoms with Crippen molar-refractivity contribution in [1.29, 1.82) is 0 Å². The van der Waals surface area contributed by atoms with Crippen LogP contribution in [-0.2, 0) is 9.59 Å². The lowest BCUT2D eigenvalue weighted by atomic mass is 10.1. The van der Waals surface area contributed by atoms with Gasteiger partial charge in [-0.3, -0.25) is 9.59 Å². The molecule has 1 heterocycles. The smallest absolute Gasteiger partial charge is 0.337 e. The maximum absolute atomic E-state index is 11.7. The first-order valence-corrected chi connectivity index (χ1v) is 5.82. The number of carbonyl (C=O) groups excluding carboxylic acids is 2. The van der Waals surface area contributed by atoms with Crippen molar-refractivity contribution in [2.45, 2.75) is 25.5 Å². The molecule has 0 spiro atoms. The van der Waals surface area contributed by atoms with Gasteiger partial charge in [-0.05, 0) is 26.0 Å². The number of carboxylic acid groups (broad SMARTS) is 1. The Morgan fingerprint density at radius 1 is 1.45 bits per heavy atom. The monoisotopic (exact) mass is 284 g/mol. The van der Waals surface area contributed by atoms with Gasteiger partial charge in [0.15, 0.2) is 11.4 Å². The molecule has 4 N–H and O–H groups in total. The van der Waals surface area contributed by atoms with Gasteiger partial charge in [0.05, 0.1) is 12.8 Å². The fraction of sp³-hybridized carbons (Fsp3) is 0.417. The number of aliphatic carboxylic acids is 1. The lowest BCUT2D eigenvalue weighted by Crippen LogP contribution is -2.51. The first kappa shape index (κ1) is 15.7. The van der Waals surface area contributed by atoms with E-state index >= 15 is 0 Å². The second-order valence-electron chi connectivity index (χ2n) is 4.47. The molecule has 0 aliphatic rings. The molecule has 8 nitrogen and oxygen atoms in total. The van der Waals surface area contributed by atoms with Crippen LogP contribution < -0.4 is 10.6 Å². The SMILES string of the molecule is CC(NC(=O)c1ccco1)C(=O)NCC(C)(O)C(=O)O. The van der Waals surface area contributed by atoms with Crippen LogP contribution >= 0.6 is 0 Å². The van der Waals surface area contributed by atoms with Gasteiger partial charge in [-0.15, -0.1) is 0 Å². The number of nitrogens with one attached hydrogen (secondary N) is 2. The average Bonchev–Trinajstić information content (AvgIpc) is 2.89. The van der Waals surface area contributed by atoms with Crippen LogP contribution in [0, 0.1) is 0 Å². The van der Waals surface area contributed by atoms with Crippen LogP contribution in [0.3, 0.4) is 0 Å². The van der Waals surface area contributed by atoms with Gasteiger partial charge < -0.3 is 25.3 Å². The minimum atomic E-state index is -2.07. The normalized spacial score (nSPS) is 14.9. The van der Waals surface area contributed by atoms with Crippen molar-refractivity contribution in [3.05, 3.63) is 24.2 Å². The fourth-order valence-electron chi connectivity index (χ4n) is 1.23. The molecular formula is C12H16N2O6.